The number of nitrogens with one attached hydrogen (secondary N) is 1. The summed E-state index contributed by atoms with van der Waals surface area (Å²) in [5.74, 6) is -0.197. The molecule has 110 valence electrons. The Kier molecular flexibility index (Phi) is 4.25. The fourth-order valence-corrected chi connectivity index (χ4v) is 2.40. The zero-order chi connectivity index (χ0) is 14.8. The Bertz CT molecular complexity index is 530. The first-order chi connectivity index (χ1) is 9.45. The number of aromatic nitrogens is 1. The van der Waals surface area contributed by atoms with E-state index in [9.17, 15) is 9.59 Å². The lowest BCUT2D eigenvalue weighted by Crippen LogP contribution is -2.58. The molecule has 0 spiro atoms. The van der Waals surface area contributed by atoms with Gasteiger partial charge in [-0.1, -0.05) is 0 Å². The number of carbonyl (C=O) groups is 1. The minimum atomic E-state index is -0.238. The minimum Gasteiger partial charge on any atom is -0.367 e. The van der Waals surface area contributed by atoms with Crippen LogP contribution in [0.3, 0.4) is 0 Å². The molecular weight excluding hydrogens is 256 g/mol. The topological polar surface area (TPSA) is 82.4 Å². The summed E-state index contributed by atoms with van der Waals surface area (Å²) in [7, 11) is 0. The van der Waals surface area contributed by atoms with Crippen molar-refractivity contribution in [3.05, 3.63) is 34.2 Å². The number of hydrogen-bond acceptors (Lipinski definition) is 4. The average Bonchev–Trinajstić information content (AvgIpc) is 2.47. The molecule has 6 heteroatoms. The molecule has 1 amide bonds. The van der Waals surface area contributed by atoms with Gasteiger partial charge >= 0.3 is 0 Å². The Labute approximate surface area is 118 Å². The second-order valence-corrected chi connectivity index (χ2v) is 5.72. The van der Waals surface area contributed by atoms with Crippen molar-refractivity contribution in [1.29, 1.82) is 0 Å². The smallest absolute Gasteiger partial charge is 0.259 e. The first-order valence-corrected chi connectivity index (χ1v) is 6.87. The molecule has 1 aromatic heterocycles. The van der Waals surface area contributed by atoms with E-state index >= 15 is 0 Å². The van der Waals surface area contributed by atoms with Crippen molar-refractivity contribution in [3.8, 4) is 0 Å². The lowest BCUT2D eigenvalue weighted by Gasteiger charge is -2.43. The maximum atomic E-state index is 12.3. The van der Waals surface area contributed by atoms with Gasteiger partial charge in [0.05, 0.1) is 0 Å². The van der Waals surface area contributed by atoms with Crippen molar-refractivity contribution in [2.45, 2.75) is 19.4 Å². The van der Waals surface area contributed by atoms with E-state index < -0.39 is 0 Å². The van der Waals surface area contributed by atoms with Gasteiger partial charge in [0.15, 0.2) is 5.43 Å². The van der Waals surface area contributed by atoms with Crippen molar-refractivity contribution in [3.63, 3.8) is 0 Å². The molecule has 0 radical (unpaired) electrons. The zero-order valence-corrected chi connectivity index (χ0v) is 12.1. The molecule has 3 N–H and O–H groups in total. The highest BCUT2D eigenvalue weighted by molar-refractivity contribution is 5.93. The standard InChI is InChI=1S/C14H22N4O2/c1-14(2,10-15)18-7-5-17(6-8-18)13(20)11-9-16-4-3-12(11)19/h3-4,9H,5-8,10,15H2,1-2H3,(H,16,19). The van der Waals surface area contributed by atoms with Gasteiger partial charge in [0.25, 0.3) is 5.91 Å². The van der Waals surface area contributed by atoms with Gasteiger partial charge < -0.3 is 15.6 Å². The van der Waals surface area contributed by atoms with E-state index in [1.165, 1.54) is 18.5 Å². The summed E-state index contributed by atoms with van der Waals surface area (Å²) in [6.45, 7) is 7.59. The molecule has 6 nitrogen and oxygen atoms in total. The van der Waals surface area contributed by atoms with Gasteiger partial charge in [-0.15, -0.1) is 0 Å². The Morgan fingerprint density at radius 3 is 2.55 bits per heavy atom. The monoisotopic (exact) mass is 278 g/mol. The van der Waals surface area contributed by atoms with Crippen LogP contribution in [0.5, 0.6) is 0 Å². The molecule has 0 unspecified atom stereocenters. The molecule has 2 heterocycles. The average molecular weight is 278 g/mol. The summed E-state index contributed by atoms with van der Waals surface area (Å²) in [6, 6.07) is 1.38. The second-order valence-electron chi connectivity index (χ2n) is 5.72. The summed E-state index contributed by atoms with van der Waals surface area (Å²) >= 11 is 0. The molecular formula is C14H22N4O2. The number of rotatable bonds is 3. The molecule has 2 rings (SSSR count). The summed E-state index contributed by atoms with van der Waals surface area (Å²) in [5.41, 5.74) is 5.69. The Hall–Kier alpha value is -1.66. The molecule has 0 saturated carbocycles. The first kappa shape index (κ1) is 14.7. The third-order valence-electron chi connectivity index (χ3n) is 3.98. The van der Waals surface area contributed by atoms with Crippen molar-refractivity contribution in [2.24, 2.45) is 5.73 Å². The second kappa shape index (κ2) is 5.76. The minimum absolute atomic E-state index is 0.0562. The normalized spacial score (nSPS) is 17.2. The van der Waals surface area contributed by atoms with Crippen LogP contribution in [0.4, 0.5) is 0 Å². The third-order valence-corrected chi connectivity index (χ3v) is 3.98. The van der Waals surface area contributed by atoms with Crippen molar-refractivity contribution in [2.75, 3.05) is 32.7 Å². The fraction of sp³-hybridized carbons (Fsp3) is 0.571. The number of nitrogens with two attached hydrogens (primary N) is 1. The Morgan fingerprint density at radius 2 is 2.00 bits per heavy atom. The third kappa shape index (κ3) is 2.91. The lowest BCUT2D eigenvalue weighted by molar-refractivity contribution is 0.0425. The van der Waals surface area contributed by atoms with E-state index in [4.69, 9.17) is 5.73 Å². The van der Waals surface area contributed by atoms with E-state index in [-0.39, 0.29) is 22.4 Å². The number of pyridine rings is 1. The summed E-state index contributed by atoms with van der Waals surface area (Å²) in [4.78, 5) is 30.8. The molecule has 1 saturated heterocycles. The SMILES string of the molecule is CC(C)(CN)N1CCN(C(=O)c2c[nH]ccc2=O)CC1. The van der Waals surface area contributed by atoms with Crippen LogP contribution in [0.15, 0.2) is 23.3 Å². The maximum absolute atomic E-state index is 12.3. The van der Waals surface area contributed by atoms with Crippen LogP contribution in [0.25, 0.3) is 0 Å². The molecule has 1 aliphatic rings. The van der Waals surface area contributed by atoms with Crippen LogP contribution in [-0.4, -0.2) is 59.0 Å². The van der Waals surface area contributed by atoms with Crippen LogP contribution < -0.4 is 11.2 Å². The van der Waals surface area contributed by atoms with Crippen molar-refractivity contribution >= 4 is 5.91 Å². The van der Waals surface area contributed by atoms with Gasteiger partial charge in [-0.05, 0) is 13.8 Å². The highest BCUT2D eigenvalue weighted by Gasteiger charge is 2.30. The van der Waals surface area contributed by atoms with E-state index in [2.05, 4.69) is 23.7 Å². The van der Waals surface area contributed by atoms with Crippen molar-refractivity contribution < 1.29 is 4.79 Å². The number of H-pyrrole nitrogens is 1. The molecule has 1 fully saturated rings. The molecule has 20 heavy (non-hydrogen) atoms. The number of aromatic amines is 1. The van der Waals surface area contributed by atoms with Gasteiger partial charge in [0.2, 0.25) is 0 Å². The Balaban J connectivity index is 2.03. The highest BCUT2D eigenvalue weighted by atomic mass is 16.2. The van der Waals surface area contributed by atoms with Gasteiger partial charge in [0.1, 0.15) is 5.56 Å². The first-order valence-electron chi connectivity index (χ1n) is 6.87. The van der Waals surface area contributed by atoms with Gasteiger partial charge in [-0.3, -0.25) is 14.5 Å². The van der Waals surface area contributed by atoms with Gasteiger partial charge in [0, 0.05) is 56.7 Å². The lowest BCUT2D eigenvalue weighted by atomic mass is 10.0. The highest BCUT2D eigenvalue weighted by Crippen LogP contribution is 2.16. The molecule has 0 bridgehead atoms. The van der Waals surface area contributed by atoms with E-state index in [0.29, 0.717) is 19.6 Å². The molecule has 1 aliphatic heterocycles. The maximum Gasteiger partial charge on any atom is 0.259 e. The zero-order valence-electron chi connectivity index (χ0n) is 12.1. The fourth-order valence-electron chi connectivity index (χ4n) is 2.40. The molecule has 0 aliphatic carbocycles. The predicted octanol–water partition coefficient (Wildman–Crippen LogP) is -0.130. The largest absolute Gasteiger partial charge is 0.367 e. The van der Waals surface area contributed by atoms with Crippen LogP contribution in [0.1, 0.15) is 24.2 Å². The molecule has 0 atom stereocenters. The van der Waals surface area contributed by atoms with Crippen molar-refractivity contribution in [1.82, 2.24) is 14.8 Å². The number of carbonyl (C=O) groups excluding carboxylic acids is 1. The number of amides is 1. The quantitative estimate of drug-likeness (QED) is 0.807. The number of hydrogen-bond donors (Lipinski definition) is 2. The summed E-state index contributed by atoms with van der Waals surface area (Å²) in [6.07, 6.45) is 3.00. The summed E-state index contributed by atoms with van der Waals surface area (Å²) in [5, 5.41) is 0. The predicted molar refractivity (Wildman–Crippen MR) is 77.7 cm³/mol. The van der Waals surface area contributed by atoms with Crippen LogP contribution in [0.2, 0.25) is 0 Å². The Morgan fingerprint density at radius 1 is 1.35 bits per heavy atom. The van der Waals surface area contributed by atoms with Crippen LogP contribution >= 0.6 is 0 Å². The van der Waals surface area contributed by atoms with Gasteiger partial charge in [-0.25, -0.2) is 0 Å². The van der Waals surface area contributed by atoms with E-state index in [0.717, 1.165) is 13.1 Å². The molecule has 0 aromatic carbocycles. The van der Waals surface area contributed by atoms with Gasteiger partial charge in [-0.2, -0.15) is 0 Å². The molecule has 1 aromatic rings. The van der Waals surface area contributed by atoms with Crippen LogP contribution in [0, 0.1) is 0 Å². The number of piperazine rings is 1. The van der Waals surface area contributed by atoms with E-state index in [1.807, 2.05) is 0 Å². The van der Waals surface area contributed by atoms with E-state index in [1.54, 1.807) is 4.90 Å². The number of nitrogens with zero attached hydrogens (tertiary/aromatic N) is 2. The summed E-state index contributed by atoms with van der Waals surface area (Å²) < 4.78 is 0. The van der Waals surface area contributed by atoms with Crippen LogP contribution in [-0.2, 0) is 0 Å².